The summed E-state index contributed by atoms with van der Waals surface area (Å²) in [6.07, 6.45) is 4.20. The van der Waals surface area contributed by atoms with Gasteiger partial charge in [-0.25, -0.2) is 0 Å². The first-order valence-electron chi connectivity index (χ1n) is 31.2. The maximum atomic E-state index is 14.6. The number of carbonyl (C=O) groups excluding carboxylic acids is 11. The van der Waals surface area contributed by atoms with Crippen LogP contribution in [0.3, 0.4) is 0 Å². The highest BCUT2D eigenvalue weighted by molar-refractivity contribution is 6.02. The van der Waals surface area contributed by atoms with Gasteiger partial charge in [0.2, 0.25) is 59.1 Å². The minimum absolute atomic E-state index is 0.0705. The molecule has 0 aliphatic carbocycles. The van der Waals surface area contributed by atoms with E-state index in [0.29, 0.717) is 31.2 Å². The number of hydrogen-bond donors (Lipinski definition) is 13. The normalized spacial score (nSPS) is 26.6. The molecule has 87 heavy (non-hydrogen) atoms. The van der Waals surface area contributed by atoms with Crippen LogP contribution in [-0.4, -0.2) is 172 Å². The van der Waals surface area contributed by atoms with Crippen molar-refractivity contribution in [2.75, 3.05) is 26.3 Å². The maximum Gasteiger partial charge on any atom is 0.270 e. The van der Waals surface area contributed by atoms with E-state index in [1.807, 2.05) is 41.5 Å². The maximum absolute atomic E-state index is 14.6. The number of aliphatic hydroxyl groups is 3. The molecule has 13 N–H and O–H groups in total. The lowest BCUT2D eigenvalue weighted by Gasteiger charge is -2.31. The van der Waals surface area contributed by atoms with Gasteiger partial charge in [0, 0.05) is 45.1 Å². The lowest BCUT2D eigenvalue weighted by atomic mass is 9.93. The molecule has 0 bridgehead atoms. The molecular weight excluding hydrogens is 1120 g/mol. The van der Waals surface area contributed by atoms with Crippen molar-refractivity contribution in [2.45, 2.75) is 226 Å². The van der Waals surface area contributed by atoms with E-state index in [1.54, 1.807) is 44.2 Å². The fourth-order valence-corrected chi connectivity index (χ4v) is 10.4. The summed E-state index contributed by atoms with van der Waals surface area (Å²) in [5, 5.41) is 58.1. The first-order chi connectivity index (χ1) is 41.3. The summed E-state index contributed by atoms with van der Waals surface area (Å²) in [5.74, 6) is -10.0. The molecule has 0 spiro atoms. The van der Waals surface area contributed by atoms with Crippen molar-refractivity contribution in [2.24, 2.45) is 23.7 Å². The van der Waals surface area contributed by atoms with E-state index >= 15 is 0 Å². The molecule has 0 aromatic heterocycles. The first-order valence-corrected chi connectivity index (χ1v) is 31.2. The Hall–Kier alpha value is -6.99. The molecule has 1 aromatic rings. The second kappa shape index (κ2) is 38.3. The van der Waals surface area contributed by atoms with Crippen LogP contribution in [0.25, 0.3) is 0 Å². The lowest BCUT2D eigenvalue weighted by Crippen LogP contribution is -2.62. The molecule has 11 amide bonds. The minimum Gasteiger partial charge on any atom is -0.396 e. The van der Waals surface area contributed by atoms with Crippen LogP contribution in [0.15, 0.2) is 42.1 Å². The topological polar surface area (TPSA) is 372 Å². The lowest BCUT2D eigenvalue weighted by molar-refractivity contribution is -0.139. The van der Waals surface area contributed by atoms with Gasteiger partial charge in [-0.05, 0) is 68.3 Å². The summed E-state index contributed by atoms with van der Waals surface area (Å²) in [5.41, 5.74) is 0.244. The molecule has 2 aliphatic heterocycles. The number of fused-ring (bicyclic) bond motifs is 1. The highest BCUT2D eigenvalue weighted by atomic mass is 16.3. The van der Waals surface area contributed by atoms with Crippen LogP contribution in [0, 0.1) is 23.7 Å². The molecule has 0 unspecified atom stereocenters. The van der Waals surface area contributed by atoms with Gasteiger partial charge < -0.3 is 73.4 Å². The van der Waals surface area contributed by atoms with Gasteiger partial charge in [0.05, 0.1) is 12.6 Å². The average Bonchev–Trinajstić information content (AvgIpc) is 2.97. The van der Waals surface area contributed by atoms with Crippen LogP contribution >= 0.6 is 0 Å². The molecule has 0 saturated carbocycles. The summed E-state index contributed by atoms with van der Waals surface area (Å²) in [4.78, 5) is 157. The van der Waals surface area contributed by atoms with Gasteiger partial charge in [0.25, 0.3) is 5.91 Å². The van der Waals surface area contributed by atoms with E-state index in [9.17, 15) is 68.1 Å². The molecule has 2 saturated heterocycles. The van der Waals surface area contributed by atoms with Crippen molar-refractivity contribution in [1.82, 2.24) is 58.1 Å². The second-order valence-electron chi connectivity index (χ2n) is 24.0. The smallest absolute Gasteiger partial charge is 0.270 e. The summed E-state index contributed by atoms with van der Waals surface area (Å²) in [6.45, 7) is 15.8. The van der Waals surface area contributed by atoms with Crippen molar-refractivity contribution in [3.05, 3.63) is 47.7 Å². The highest BCUT2D eigenvalue weighted by Crippen LogP contribution is 2.22. The Kier molecular flexibility index (Phi) is 32.7. The molecule has 488 valence electrons. The van der Waals surface area contributed by atoms with Crippen LogP contribution < -0.4 is 53.2 Å². The van der Waals surface area contributed by atoms with Crippen LogP contribution in [0.5, 0.6) is 0 Å². The van der Waals surface area contributed by atoms with Gasteiger partial charge >= 0.3 is 0 Å². The predicted octanol–water partition coefficient (Wildman–Crippen LogP) is 0.919. The van der Waals surface area contributed by atoms with Crippen LogP contribution in [0.4, 0.5) is 0 Å². The van der Waals surface area contributed by atoms with Gasteiger partial charge in [0.15, 0.2) is 0 Å². The fraction of sp³-hybridized carbons (Fsp3) is 0.694. The molecule has 2 heterocycles. The standard InChI is InChI=1S/C62H101N11O14/c1-11-15-16-17-21-24-41-32-50(77)65-44(25-27-74)55(80)66-43(14-4)62(87)73-35-42(76)33-49(73)59(84)67-45(26-28-75)56(81)69-48(31-40-22-19-18-20-23-40)57(82)68-47(30-37(7)8)58(83)71-53(39(10)13-3)61(86)72-52(38(9)12-2)60(85)70-46(29-36(5)6)54(79)63-34-51(78)64-41/h14,18-20,22-23,36-39,41-42,44-49,52-53,74-76H,11-13,15-17,21,24-35H2,1-10H3,(H,63,79)(H,64,78)(H,65,77)(H,66,80)(H,67,84)(H,68,82)(H,69,81)(H,70,85)(H,71,83)(H,72,86)/b43-14+/t38-,39-,41-,42-,44+,45+,46+,47-,48-,49+,52-,53+/m1/s1. The molecule has 25 nitrogen and oxygen atoms in total. The van der Waals surface area contributed by atoms with Gasteiger partial charge in [-0.1, -0.05) is 144 Å². The Labute approximate surface area is 513 Å². The Bertz CT molecular complexity index is 2480. The molecule has 0 radical (unpaired) electrons. The van der Waals surface area contributed by atoms with Crippen molar-refractivity contribution in [3.8, 4) is 0 Å². The zero-order valence-electron chi connectivity index (χ0n) is 52.8. The number of unbranched alkanes of at least 4 members (excludes halogenated alkanes) is 4. The van der Waals surface area contributed by atoms with E-state index in [-0.39, 0.29) is 69.0 Å². The number of nitrogens with one attached hydrogen (secondary N) is 10. The zero-order valence-corrected chi connectivity index (χ0v) is 52.8. The number of rotatable bonds is 20. The molecular formula is C62H101N11O14. The van der Waals surface area contributed by atoms with Gasteiger partial charge in [0.1, 0.15) is 54.0 Å². The number of amides is 11. The zero-order chi connectivity index (χ0) is 64.9. The van der Waals surface area contributed by atoms with E-state index in [0.717, 1.165) is 30.6 Å². The quantitative estimate of drug-likeness (QED) is 0.0638. The van der Waals surface area contributed by atoms with Crippen LogP contribution in [-0.2, 0) is 59.2 Å². The number of aliphatic hydroxyl groups excluding tert-OH is 3. The van der Waals surface area contributed by atoms with Crippen LogP contribution in [0.1, 0.15) is 165 Å². The Morgan fingerprint density at radius 3 is 1.62 bits per heavy atom. The average molecular weight is 1220 g/mol. The monoisotopic (exact) mass is 1220 g/mol. The SMILES string of the molecule is C/C=C1/NC(=O)[C@H](CCO)NC(=O)C[C@@H](CCCCCCC)NC(=O)CNC(=O)[C@H](CC(C)C)NC(=O)[C@@H]([C@H](C)CC)NC(=O)[C@H]([C@H](C)CC)NC(=O)[C@@H](CC(C)C)NC(=O)[C@@H](Cc2ccccc2)NC(=O)[C@H](CCO)NC(=O)[C@@H]2C[C@@H](O)CN2C1=O. The van der Waals surface area contributed by atoms with Crippen molar-refractivity contribution < 1.29 is 68.1 Å². The van der Waals surface area contributed by atoms with E-state index < -0.39 is 157 Å². The summed E-state index contributed by atoms with van der Waals surface area (Å²) < 4.78 is 0. The minimum atomic E-state index is -1.52. The molecule has 2 fully saturated rings. The Morgan fingerprint density at radius 1 is 0.552 bits per heavy atom. The number of benzene rings is 1. The van der Waals surface area contributed by atoms with Gasteiger partial charge in [-0.2, -0.15) is 0 Å². The third-order valence-electron chi connectivity index (χ3n) is 15.8. The predicted molar refractivity (Wildman–Crippen MR) is 326 cm³/mol. The summed E-state index contributed by atoms with van der Waals surface area (Å²) in [6, 6.07) is -2.83. The number of allylic oxidation sites excluding steroid dienone is 1. The first kappa shape index (κ1) is 74.3. The van der Waals surface area contributed by atoms with Crippen molar-refractivity contribution in [1.29, 1.82) is 0 Å². The number of hydrogen-bond acceptors (Lipinski definition) is 14. The third-order valence-corrected chi connectivity index (χ3v) is 15.8. The van der Waals surface area contributed by atoms with E-state index in [4.69, 9.17) is 0 Å². The Morgan fingerprint density at radius 2 is 1.06 bits per heavy atom. The Balaban J connectivity index is 2.18. The summed E-state index contributed by atoms with van der Waals surface area (Å²) in [7, 11) is 0. The van der Waals surface area contributed by atoms with Gasteiger partial charge in [-0.15, -0.1) is 0 Å². The van der Waals surface area contributed by atoms with Crippen molar-refractivity contribution >= 4 is 65.0 Å². The second-order valence-corrected chi connectivity index (χ2v) is 24.0. The molecule has 2 aliphatic rings. The van der Waals surface area contributed by atoms with Crippen LogP contribution in [0.2, 0.25) is 0 Å². The molecule has 3 rings (SSSR count). The fourth-order valence-electron chi connectivity index (χ4n) is 10.4. The third kappa shape index (κ3) is 25.0. The summed E-state index contributed by atoms with van der Waals surface area (Å²) >= 11 is 0. The largest absolute Gasteiger partial charge is 0.396 e. The van der Waals surface area contributed by atoms with E-state index in [2.05, 4.69) is 60.1 Å². The molecule has 25 heteroatoms. The molecule has 1 aromatic carbocycles. The van der Waals surface area contributed by atoms with Gasteiger partial charge in [-0.3, -0.25) is 52.7 Å². The number of nitrogens with zero attached hydrogens (tertiary/aromatic N) is 1. The number of carbonyl (C=O) groups is 11. The van der Waals surface area contributed by atoms with E-state index in [1.165, 1.54) is 13.0 Å². The molecule has 12 atom stereocenters. The van der Waals surface area contributed by atoms with Crippen molar-refractivity contribution in [3.63, 3.8) is 0 Å². The highest BCUT2D eigenvalue weighted by Gasteiger charge is 2.43.